The lowest BCUT2D eigenvalue weighted by Gasteiger charge is -2.29. The first-order chi connectivity index (χ1) is 13.2. The molecule has 6 nitrogen and oxygen atoms in total. The molecule has 1 heterocycles. The van der Waals surface area contributed by atoms with Crippen molar-refractivity contribution in [1.82, 2.24) is 25.3 Å². The standard InChI is InChI=1S/C21H34N6.HI/c1-5-22-21(23-13-14-27-17-18(4)15-25-27)24-16-20(26(6-2)7-3)19-11-9-8-10-12-19;/h8-12,15,17,20H,5-7,13-14,16H2,1-4H3,(H2,22,23,24);1H. The fraction of sp³-hybridized carbons (Fsp3) is 0.524. The first-order valence-corrected chi connectivity index (χ1v) is 9.98. The van der Waals surface area contributed by atoms with Crippen molar-refractivity contribution in [2.75, 3.05) is 32.7 Å². The predicted octanol–water partition coefficient (Wildman–Crippen LogP) is 3.45. The van der Waals surface area contributed by atoms with Gasteiger partial charge in [-0.25, -0.2) is 0 Å². The lowest BCUT2D eigenvalue weighted by atomic mass is 10.1. The van der Waals surface area contributed by atoms with Gasteiger partial charge in [0.25, 0.3) is 0 Å². The topological polar surface area (TPSA) is 57.5 Å². The van der Waals surface area contributed by atoms with Crippen LogP contribution in [0.3, 0.4) is 0 Å². The van der Waals surface area contributed by atoms with Gasteiger partial charge in [0.15, 0.2) is 5.96 Å². The Morgan fingerprint density at radius 1 is 1.14 bits per heavy atom. The van der Waals surface area contributed by atoms with Crippen LogP contribution >= 0.6 is 24.0 Å². The van der Waals surface area contributed by atoms with E-state index >= 15 is 0 Å². The zero-order valence-electron chi connectivity index (χ0n) is 17.6. The Labute approximate surface area is 186 Å². The van der Waals surface area contributed by atoms with Crippen LogP contribution in [0, 0.1) is 6.92 Å². The van der Waals surface area contributed by atoms with E-state index in [2.05, 4.69) is 84.9 Å². The van der Waals surface area contributed by atoms with Crippen LogP contribution in [-0.2, 0) is 6.54 Å². The maximum Gasteiger partial charge on any atom is 0.191 e. The number of likely N-dealkylation sites (N-methyl/N-ethyl adjacent to an activating group) is 1. The van der Waals surface area contributed by atoms with Gasteiger partial charge in [0, 0.05) is 19.3 Å². The van der Waals surface area contributed by atoms with Crippen LogP contribution in [-0.4, -0.2) is 53.4 Å². The van der Waals surface area contributed by atoms with Crippen molar-refractivity contribution >= 4 is 29.9 Å². The van der Waals surface area contributed by atoms with Crippen molar-refractivity contribution in [2.45, 2.75) is 40.3 Å². The van der Waals surface area contributed by atoms with Crippen molar-refractivity contribution in [2.24, 2.45) is 4.99 Å². The number of aromatic nitrogens is 2. The Morgan fingerprint density at radius 2 is 1.86 bits per heavy atom. The smallest absolute Gasteiger partial charge is 0.191 e. The average Bonchev–Trinajstić information content (AvgIpc) is 3.10. The van der Waals surface area contributed by atoms with Gasteiger partial charge in [-0.2, -0.15) is 5.10 Å². The highest BCUT2D eigenvalue weighted by molar-refractivity contribution is 14.0. The number of nitrogens with one attached hydrogen (secondary N) is 2. The lowest BCUT2D eigenvalue weighted by molar-refractivity contribution is 0.224. The molecule has 0 saturated heterocycles. The second-order valence-corrected chi connectivity index (χ2v) is 6.57. The Hall–Kier alpha value is -1.61. The molecule has 0 aliphatic carbocycles. The second kappa shape index (κ2) is 13.5. The molecule has 2 aromatic rings. The molecule has 0 aliphatic heterocycles. The van der Waals surface area contributed by atoms with Gasteiger partial charge in [-0.15, -0.1) is 24.0 Å². The van der Waals surface area contributed by atoms with Crippen LogP contribution in [0.1, 0.15) is 37.9 Å². The molecule has 2 rings (SSSR count). The summed E-state index contributed by atoms with van der Waals surface area (Å²) in [6.07, 6.45) is 3.94. The van der Waals surface area contributed by atoms with E-state index in [1.807, 2.05) is 10.9 Å². The van der Waals surface area contributed by atoms with Crippen molar-refractivity contribution in [3.63, 3.8) is 0 Å². The molecule has 1 unspecified atom stereocenters. The summed E-state index contributed by atoms with van der Waals surface area (Å²) in [5, 5.41) is 11.1. The third kappa shape index (κ3) is 7.79. The number of nitrogens with zero attached hydrogens (tertiary/aromatic N) is 4. The van der Waals surface area contributed by atoms with E-state index in [1.54, 1.807) is 0 Å². The summed E-state index contributed by atoms with van der Waals surface area (Å²) < 4.78 is 1.95. The fourth-order valence-corrected chi connectivity index (χ4v) is 3.17. The molecular formula is C21H35IN6. The molecule has 156 valence electrons. The normalized spacial score (nSPS) is 12.5. The van der Waals surface area contributed by atoms with Gasteiger partial charge < -0.3 is 10.6 Å². The minimum Gasteiger partial charge on any atom is -0.357 e. The lowest BCUT2D eigenvalue weighted by Crippen LogP contribution is -2.40. The Morgan fingerprint density at radius 3 is 2.43 bits per heavy atom. The highest BCUT2D eigenvalue weighted by Crippen LogP contribution is 2.20. The van der Waals surface area contributed by atoms with Crippen molar-refractivity contribution in [1.29, 1.82) is 0 Å². The van der Waals surface area contributed by atoms with Gasteiger partial charge in [0.05, 0.1) is 25.3 Å². The maximum atomic E-state index is 4.87. The van der Waals surface area contributed by atoms with Crippen molar-refractivity contribution in [3.05, 3.63) is 53.9 Å². The van der Waals surface area contributed by atoms with Crippen LogP contribution in [0.15, 0.2) is 47.7 Å². The van der Waals surface area contributed by atoms with E-state index in [1.165, 1.54) is 11.1 Å². The number of benzene rings is 1. The summed E-state index contributed by atoms with van der Waals surface area (Å²) in [7, 11) is 0. The summed E-state index contributed by atoms with van der Waals surface area (Å²) in [5.41, 5.74) is 2.49. The molecule has 0 bridgehead atoms. The van der Waals surface area contributed by atoms with Gasteiger partial charge in [0.1, 0.15) is 0 Å². The Kier molecular flexibility index (Phi) is 11.8. The third-order valence-corrected chi connectivity index (χ3v) is 4.60. The number of guanidine groups is 1. The van der Waals surface area contributed by atoms with Crippen LogP contribution in [0.25, 0.3) is 0 Å². The van der Waals surface area contributed by atoms with E-state index in [0.717, 1.165) is 45.2 Å². The first-order valence-electron chi connectivity index (χ1n) is 9.98. The Bertz CT molecular complexity index is 681. The van der Waals surface area contributed by atoms with Gasteiger partial charge in [-0.3, -0.25) is 14.6 Å². The van der Waals surface area contributed by atoms with E-state index < -0.39 is 0 Å². The minimum absolute atomic E-state index is 0. The van der Waals surface area contributed by atoms with Crippen LogP contribution < -0.4 is 10.6 Å². The monoisotopic (exact) mass is 498 g/mol. The number of aliphatic imine (C=N–C) groups is 1. The number of hydrogen-bond acceptors (Lipinski definition) is 3. The summed E-state index contributed by atoms with van der Waals surface area (Å²) in [4.78, 5) is 7.32. The molecule has 1 aromatic carbocycles. The second-order valence-electron chi connectivity index (χ2n) is 6.57. The molecule has 0 fully saturated rings. The van der Waals surface area contributed by atoms with Crippen LogP contribution in [0.5, 0.6) is 0 Å². The van der Waals surface area contributed by atoms with E-state index in [0.29, 0.717) is 0 Å². The third-order valence-electron chi connectivity index (χ3n) is 4.60. The quantitative estimate of drug-likeness (QED) is 0.300. The number of rotatable bonds is 10. The summed E-state index contributed by atoms with van der Waals surface area (Å²) >= 11 is 0. The highest BCUT2D eigenvalue weighted by atomic mass is 127. The summed E-state index contributed by atoms with van der Waals surface area (Å²) in [5.74, 6) is 0.856. The largest absolute Gasteiger partial charge is 0.357 e. The van der Waals surface area contributed by atoms with Crippen molar-refractivity contribution < 1.29 is 0 Å². The number of halogens is 1. The van der Waals surface area contributed by atoms with Crippen molar-refractivity contribution in [3.8, 4) is 0 Å². The molecule has 0 amide bonds. The summed E-state index contributed by atoms with van der Waals surface area (Å²) in [6, 6.07) is 10.9. The maximum absolute atomic E-state index is 4.87. The fourth-order valence-electron chi connectivity index (χ4n) is 3.17. The molecule has 0 spiro atoms. The summed E-state index contributed by atoms with van der Waals surface area (Å²) in [6.45, 7) is 13.7. The number of hydrogen-bond donors (Lipinski definition) is 2. The molecule has 28 heavy (non-hydrogen) atoms. The van der Waals surface area contributed by atoms with Gasteiger partial charge in [-0.05, 0) is 38.1 Å². The Balaban J connectivity index is 0.00000392. The molecule has 0 saturated carbocycles. The molecule has 0 aliphatic rings. The van der Waals surface area contributed by atoms with E-state index in [-0.39, 0.29) is 30.0 Å². The minimum atomic E-state index is 0. The first kappa shape index (κ1) is 24.4. The van der Waals surface area contributed by atoms with Crippen LogP contribution in [0.2, 0.25) is 0 Å². The highest BCUT2D eigenvalue weighted by Gasteiger charge is 2.17. The zero-order chi connectivity index (χ0) is 19.5. The molecule has 7 heteroatoms. The number of aryl methyl sites for hydroxylation is 1. The molecule has 0 radical (unpaired) electrons. The van der Waals surface area contributed by atoms with E-state index in [9.17, 15) is 0 Å². The van der Waals surface area contributed by atoms with Gasteiger partial charge >= 0.3 is 0 Å². The molecule has 2 N–H and O–H groups in total. The average molecular weight is 498 g/mol. The molecular weight excluding hydrogens is 463 g/mol. The molecule has 1 atom stereocenters. The SMILES string of the molecule is CCNC(=NCC(c1ccccc1)N(CC)CC)NCCn1cc(C)cn1.I. The zero-order valence-corrected chi connectivity index (χ0v) is 19.9. The molecule has 1 aromatic heterocycles. The van der Waals surface area contributed by atoms with Crippen LogP contribution in [0.4, 0.5) is 0 Å². The van der Waals surface area contributed by atoms with E-state index in [4.69, 9.17) is 4.99 Å². The van der Waals surface area contributed by atoms with Gasteiger partial charge in [0.2, 0.25) is 0 Å². The van der Waals surface area contributed by atoms with Gasteiger partial charge in [-0.1, -0.05) is 44.2 Å². The predicted molar refractivity (Wildman–Crippen MR) is 128 cm³/mol.